The van der Waals surface area contributed by atoms with Crippen LogP contribution < -0.4 is 5.32 Å². The number of aryl methyl sites for hydroxylation is 1. The molecule has 1 aromatic carbocycles. The quantitative estimate of drug-likeness (QED) is 0.690. The lowest BCUT2D eigenvalue weighted by molar-refractivity contribution is 1.19. The number of rotatable bonds is 3. The molecule has 2 heterocycles. The minimum absolute atomic E-state index is 0. The third-order valence-corrected chi connectivity index (χ3v) is 4.55. The van der Waals surface area contributed by atoms with E-state index in [-0.39, 0.29) is 12.4 Å². The number of nitrogens with zero attached hydrogens (tertiary/aromatic N) is 2. The molecule has 104 valence electrons. The van der Waals surface area contributed by atoms with Crippen LogP contribution in [0.2, 0.25) is 0 Å². The van der Waals surface area contributed by atoms with E-state index in [1.807, 2.05) is 24.3 Å². The number of hydrogen-bond donors (Lipinski definition) is 1. The first kappa shape index (κ1) is 15.2. The van der Waals surface area contributed by atoms with Gasteiger partial charge >= 0.3 is 0 Å². The molecule has 0 amide bonds. The number of thiophene rings is 1. The average molecular weight is 371 g/mol. The van der Waals surface area contributed by atoms with E-state index in [4.69, 9.17) is 0 Å². The Hall–Kier alpha value is -1.17. The summed E-state index contributed by atoms with van der Waals surface area (Å²) >= 11 is 5.16. The number of nitrogens with one attached hydrogen (secondary N) is 1. The lowest BCUT2D eigenvalue weighted by Crippen LogP contribution is -1.94. The van der Waals surface area contributed by atoms with Gasteiger partial charge in [0.15, 0.2) is 0 Å². The molecule has 0 spiro atoms. The van der Waals surface area contributed by atoms with Gasteiger partial charge in [-0.25, -0.2) is 9.97 Å². The van der Waals surface area contributed by atoms with Crippen LogP contribution in [0.1, 0.15) is 11.8 Å². The fourth-order valence-corrected chi connectivity index (χ4v) is 3.05. The monoisotopic (exact) mass is 369 g/mol. The van der Waals surface area contributed by atoms with Gasteiger partial charge in [-0.2, -0.15) is 0 Å². The van der Waals surface area contributed by atoms with Crippen molar-refractivity contribution >= 4 is 61.4 Å². The molecule has 2 aromatic heterocycles. The predicted molar refractivity (Wildman–Crippen MR) is 91.5 cm³/mol. The van der Waals surface area contributed by atoms with E-state index in [0.717, 1.165) is 32.6 Å². The van der Waals surface area contributed by atoms with E-state index in [0.29, 0.717) is 0 Å². The maximum atomic E-state index is 4.34. The normalized spacial score (nSPS) is 10.3. The third kappa shape index (κ3) is 3.11. The summed E-state index contributed by atoms with van der Waals surface area (Å²) in [5.74, 6) is 0.864. The van der Waals surface area contributed by atoms with Crippen LogP contribution in [-0.4, -0.2) is 9.97 Å². The van der Waals surface area contributed by atoms with E-state index < -0.39 is 0 Å². The second kappa shape index (κ2) is 6.52. The van der Waals surface area contributed by atoms with Crippen LogP contribution in [0, 0.1) is 0 Å². The van der Waals surface area contributed by atoms with Crippen molar-refractivity contribution in [3.05, 3.63) is 46.0 Å². The molecule has 0 aliphatic rings. The molecule has 0 aliphatic heterocycles. The zero-order valence-electron chi connectivity index (χ0n) is 10.8. The summed E-state index contributed by atoms with van der Waals surface area (Å²) in [5.41, 5.74) is 1.02. The first-order valence-electron chi connectivity index (χ1n) is 6.02. The van der Waals surface area contributed by atoms with E-state index in [2.05, 4.69) is 44.2 Å². The average Bonchev–Trinajstić information content (AvgIpc) is 2.85. The molecule has 0 saturated carbocycles. The molecule has 0 bridgehead atoms. The summed E-state index contributed by atoms with van der Waals surface area (Å²) in [7, 11) is 0. The second-order valence-electron chi connectivity index (χ2n) is 4.14. The third-order valence-electron chi connectivity index (χ3n) is 2.84. The highest BCUT2D eigenvalue weighted by Gasteiger charge is 2.08. The molecule has 0 saturated heterocycles. The van der Waals surface area contributed by atoms with Crippen LogP contribution >= 0.6 is 39.7 Å². The van der Waals surface area contributed by atoms with Crippen LogP contribution in [0.5, 0.6) is 0 Å². The van der Waals surface area contributed by atoms with Gasteiger partial charge in [-0.15, -0.1) is 23.7 Å². The van der Waals surface area contributed by atoms with Crippen molar-refractivity contribution < 1.29 is 0 Å². The molecule has 0 unspecified atom stereocenters. The number of fused-ring (bicyclic) bond motifs is 1. The maximum absolute atomic E-state index is 4.34. The Morgan fingerprint density at radius 3 is 2.65 bits per heavy atom. The minimum Gasteiger partial charge on any atom is -0.340 e. The van der Waals surface area contributed by atoms with Gasteiger partial charge in [0.25, 0.3) is 0 Å². The summed E-state index contributed by atoms with van der Waals surface area (Å²) in [6.45, 7) is 2.15. The Bertz CT molecular complexity index is 712. The van der Waals surface area contributed by atoms with E-state index in [9.17, 15) is 0 Å². The van der Waals surface area contributed by atoms with Crippen LogP contribution in [0.3, 0.4) is 0 Å². The largest absolute Gasteiger partial charge is 0.340 e. The Balaban J connectivity index is 0.00000147. The van der Waals surface area contributed by atoms with Crippen molar-refractivity contribution in [1.82, 2.24) is 9.97 Å². The number of anilines is 2. The van der Waals surface area contributed by atoms with Crippen molar-refractivity contribution in [1.29, 1.82) is 0 Å². The lowest BCUT2D eigenvalue weighted by Gasteiger charge is -2.06. The standard InChI is InChI=1S/C14H12BrN3S.ClH/c1-2-11-7-12-13(16-8-17-14(12)19-11)18-10-5-3-9(15)4-6-10;/h3-8H,2H2,1H3,(H,16,17,18);1H. The summed E-state index contributed by atoms with van der Waals surface area (Å²) in [6.07, 6.45) is 2.64. The fourth-order valence-electron chi connectivity index (χ4n) is 1.85. The molecule has 3 nitrogen and oxygen atoms in total. The van der Waals surface area contributed by atoms with E-state index in [1.165, 1.54) is 4.88 Å². The number of halogens is 2. The SMILES string of the molecule is CCc1cc2c(Nc3ccc(Br)cc3)ncnc2s1.Cl. The Morgan fingerprint density at radius 1 is 1.20 bits per heavy atom. The van der Waals surface area contributed by atoms with Crippen molar-refractivity contribution in [2.24, 2.45) is 0 Å². The molecule has 0 radical (unpaired) electrons. The molecule has 3 aromatic rings. The lowest BCUT2D eigenvalue weighted by atomic mass is 10.3. The summed E-state index contributed by atoms with van der Waals surface area (Å²) in [4.78, 5) is 11.0. The van der Waals surface area contributed by atoms with Crippen LogP contribution in [0.15, 0.2) is 41.1 Å². The fraction of sp³-hybridized carbons (Fsp3) is 0.143. The number of aromatic nitrogens is 2. The first-order valence-corrected chi connectivity index (χ1v) is 7.63. The summed E-state index contributed by atoms with van der Waals surface area (Å²) in [5, 5.41) is 4.44. The summed E-state index contributed by atoms with van der Waals surface area (Å²) < 4.78 is 1.06. The first-order chi connectivity index (χ1) is 9.26. The number of benzene rings is 1. The van der Waals surface area contributed by atoms with Gasteiger partial charge in [0, 0.05) is 15.0 Å². The Labute approximate surface area is 136 Å². The van der Waals surface area contributed by atoms with Crippen molar-refractivity contribution in [2.45, 2.75) is 13.3 Å². The van der Waals surface area contributed by atoms with Gasteiger partial charge in [0.1, 0.15) is 17.0 Å². The van der Waals surface area contributed by atoms with Crippen molar-refractivity contribution in [3.8, 4) is 0 Å². The Kier molecular flexibility index (Phi) is 4.96. The molecule has 0 aliphatic carbocycles. The van der Waals surface area contributed by atoms with Crippen molar-refractivity contribution in [2.75, 3.05) is 5.32 Å². The van der Waals surface area contributed by atoms with Gasteiger partial charge in [0.05, 0.1) is 5.39 Å². The predicted octanol–water partition coefficient (Wildman–Crippen LogP) is 5.18. The van der Waals surface area contributed by atoms with E-state index >= 15 is 0 Å². The molecule has 6 heteroatoms. The highest BCUT2D eigenvalue weighted by Crippen LogP contribution is 2.30. The highest BCUT2D eigenvalue weighted by atomic mass is 79.9. The maximum Gasteiger partial charge on any atom is 0.142 e. The molecule has 0 fully saturated rings. The van der Waals surface area contributed by atoms with Gasteiger partial charge in [-0.05, 0) is 36.8 Å². The second-order valence-corrected chi connectivity index (χ2v) is 6.17. The zero-order valence-corrected chi connectivity index (χ0v) is 14.0. The van der Waals surface area contributed by atoms with Gasteiger partial charge in [0.2, 0.25) is 0 Å². The highest BCUT2D eigenvalue weighted by molar-refractivity contribution is 9.10. The number of hydrogen-bond acceptors (Lipinski definition) is 4. The molecular weight excluding hydrogens is 358 g/mol. The van der Waals surface area contributed by atoms with Gasteiger partial charge < -0.3 is 5.32 Å². The Morgan fingerprint density at radius 2 is 1.95 bits per heavy atom. The van der Waals surface area contributed by atoms with Gasteiger partial charge in [-0.3, -0.25) is 0 Å². The van der Waals surface area contributed by atoms with E-state index in [1.54, 1.807) is 17.7 Å². The van der Waals surface area contributed by atoms with Gasteiger partial charge in [-0.1, -0.05) is 22.9 Å². The molecule has 3 rings (SSSR count). The molecule has 20 heavy (non-hydrogen) atoms. The smallest absolute Gasteiger partial charge is 0.142 e. The minimum atomic E-state index is 0. The topological polar surface area (TPSA) is 37.8 Å². The molecule has 1 N–H and O–H groups in total. The zero-order chi connectivity index (χ0) is 13.2. The van der Waals surface area contributed by atoms with Crippen LogP contribution in [-0.2, 0) is 6.42 Å². The molecule has 0 atom stereocenters. The van der Waals surface area contributed by atoms with Crippen molar-refractivity contribution in [3.63, 3.8) is 0 Å². The summed E-state index contributed by atoms with van der Waals surface area (Å²) in [6, 6.07) is 10.2. The van der Waals surface area contributed by atoms with Crippen LogP contribution in [0.25, 0.3) is 10.2 Å². The van der Waals surface area contributed by atoms with Crippen LogP contribution in [0.4, 0.5) is 11.5 Å². The molecular formula is C14H13BrClN3S.